The maximum Gasteiger partial charge on any atom is 0.158 e. The minimum atomic E-state index is 0.230. The van der Waals surface area contributed by atoms with Crippen LogP contribution >= 0.6 is 0 Å². The first kappa shape index (κ1) is 11.9. The summed E-state index contributed by atoms with van der Waals surface area (Å²) in [5, 5.41) is 3.18. The van der Waals surface area contributed by atoms with E-state index < -0.39 is 0 Å². The zero-order chi connectivity index (χ0) is 12.1. The SMILES string of the molecule is C/C=C/NC1=CC(=O)CC(C2=CCCC=C2)C1. The van der Waals surface area contributed by atoms with E-state index in [0.717, 1.165) is 25.0 Å². The van der Waals surface area contributed by atoms with Gasteiger partial charge in [-0.05, 0) is 43.9 Å². The van der Waals surface area contributed by atoms with E-state index in [2.05, 4.69) is 23.5 Å². The van der Waals surface area contributed by atoms with Crippen molar-refractivity contribution in [1.29, 1.82) is 0 Å². The van der Waals surface area contributed by atoms with Gasteiger partial charge in [0.05, 0.1) is 0 Å². The molecule has 0 aromatic carbocycles. The fourth-order valence-corrected chi connectivity index (χ4v) is 2.36. The molecule has 0 saturated carbocycles. The topological polar surface area (TPSA) is 29.1 Å². The van der Waals surface area contributed by atoms with Gasteiger partial charge in [0, 0.05) is 18.2 Å². The van der Waals surface area contributed by atoms with Crippen LogP contribution in [0.3, 0.4) is 0 Å². The Morgan fingerprint density at radius 3 is 2.94 bits per heavy atom. The Labute approximate surface area is 103 Å². The monoisotopic (exact) mass is 229 g/mol. The average molecular weight is 229 g/mol. The van der Waals surface area contributed by atoms with Gasteiger partial charge >= 0.3 is 0 Å². The molecule has 0 bridgehead atoms. The van der Waals surface area contributed by atoms with Crippen molar-refractivity contribution in [1.82, 2.24) is 5.32 Å². The molecular weight excluding hydrogens is 210 g/mol. The van der Waals surface area contributed by atoms with E-state index in [-0.39, 0.29) is 5.78 Å². The van der Waals surface area contributed by atoms with E-state index in [4.69, 9.17) is 0 Å². The number of nitrogens with one attached hydrogen (secondary N) is 1. The predicted octanol–water partition coefficient (Wildman–Crippen LogP) is 3.25. The molecule has 0 fully saturated rings. The lowest BCUT2D eigenvalue weighted by molar-refractivity contribution is -0.115. The van der Waals surface area contributed by atoms with Crippen molar-refractivity contribution in [3.05, 3.63) is 47.9 Å². The van der Waals surface area contributed by atoms with E-state index in [1.165, 1.54) is 5.57 Å². The van der Waals surface area contributed by atoms with Crippen molar-refractivity contribution in [3.63, 3.8) is 0 Å². The summed E-state index contributed by atoms with van der Waals surface area (Å²) in [6, 6.07) is 0. The van der Waals surface area contributed by atoms with Crippen LogP contribution in [-0.2, 0) is 4.79 Å². The van der Waals surface area contributed by atoms with Crippen LogP contribution in [0.25, 0.3) is 0 Å². The third kappa shape index (κ3) is 3.19. The lowest BCUT2D eigenvalue weighted by Gasteiger charge is -2.24. The molecule has 0 aromatic heterocycles. The van der Waals surface area contributed by atoms with Gasteiger partial charge in [0.2, 0.25) is 0 Å². The quantitative estimate of drug-likeness (QED) is 0.805. The summed E-state index contributed by atoms with van der Waals surface area (Å²) >= 11 is 0. The van der Waals surface area contributed by atoms with Gasteiger partial charge in [0.25, 0.3) is 0 Å². The first-order valence-electron chi connectivity index (χ1n) is 6.27. The summed E-state index contributed by atoms with van der Waals surface area (Å²) in [6.45, 7) is 1.96. The zero-order valence-corrected chi connectivity index (χ0v) is 10.3. The molecule has 2 aliphatic rings. The molecule has 0 radical (unpaired) electrons. The van der Waals surface area contributed by atoms with Crippen molar-refractivity contribution in [2.75, 3.05) is 0 Å². The smallest absolute Gasteiger partial charge is 0.158 e. The number of ketones is 1. The maximum atomic E-state index is 11.7. The van der Waals surface area contributed by atoms with Gasteiger partial charge in [-0.15, -0.1) is 0 Å². The van der Waals surface area contributed by atoms with Crippen LogP contribution in [0.1, 0.15) is 32.6 Å². The highest BCUT2D eigenvalue weighted by Gasteiger charge is 2.22. The molecule has 0 saturated heterocycles. The second-order valence-corrected chi connectivity index (χ2v) is 4.57. The summed E-state index contributed by atoms with van der Waals surface area (Å²) < 4.78 is 0. The molecule has 2 aliphatic carbocycles. The van der Waals surface area contributed by atoms with E-state index >= 15 is 0 Å². The summed E-state index contributed by atoms with van der Waals surface area (Å²) in [5.41, 5.74) is 2.36. The van der Waals surface area contributed by atoms with Gasteiger partial charge in [-0.3, -0.25) is 4.79 Å². The number of rotatable bonds is 3. The van der Waals surface area contributed by atoms with Crippen molar-refractivity contribution < 1.29 is 4.79 Å². The third-order valence-corrected chi connectivity index (χ3v) is 3.18. The highest BCUT2D eigenvalue weighted by molar-refractivity contribution is 5.91. The standard InChI is InChI=1S/C15H19NO/c1-2-8-16-14-9-13(10-15(17)11-14)12-6-4-3-5-7-12/h2,4,6-8,11,13,16H,3,5,9-10H2,1H3/b8-2+. The van der Waals surface area contributed by atoms with Crippen LogP contribution in [0.2, 0.25) is 0 Å². The Morgan fingerprint density at radius 1 is 1.35 bits per heavy atom. The maximum absolute atomic E-state index is 11.7. The van der Waals surface area contributed by atoms with E-state index in [1.807, 2.05) is 19.2 Å². The number of hydrogen-bond acceptors (Lipinski definition) is 2. The molecule has 0 aliphatic heterocycles. The molecule has 2 nitrogen and oxygen atoms in total. The van der Waals surface area contributed by atoms with Crippen molar-refractivity contribution >= 4 is 5.78 Å². The first-order chi connectivity index (χ1) is 8.29. The summed E-state index contributed by atoms with van der Waals surface area (Å²) in [7, 11) is 0. The average Bonchev–Trinajstić information content (AvgIpc) is 2.37. The van der Waals surface area contributed by atoms with E-state index in [1.54, 1.807) is 6.08 Å². The lowest BCUT2D eigenvalue weighted by atomic mass is 9.83. The van der Waals surface area contributed by atoms with Crippen LogP contribution in [0, 0.1) is 5.92 Å². The fraction of sp³-hybridized carbons (Fsp3) is 0.400. The molecule has 17 heavy (non-hydrogen) atoms. The number of allylic oxidation sites excluding steroid dienone is 7. The lowest BCUT2D eigenvalue weighted by Crippen LogP contribution is -2.21. The molecular formula is C15H19NO. The molecule has 0 amide bonds. The van der Waals surface area contributed by atoms with E-state index in [9.17, 15) is 4.79 Å². The highest BCUT2D eigenvalue weighted by Crippen LogP contribution is 2.30. The molecule has 0 heterocycles. The molecule has 1 unspecified atom stereocenters. The Bertz CT molecular complexity index is 413. The minimum Gasteiger partial charge on any atom is -0.365 e. The first-order valence-corrected chi connectivity index (χ1v) is 6.27. The van der Waals surface area contributed by atoms with Crippen LogP contribution in [0.5, 0.6) is 0 Å². The van der Waals surface area contributed by atoms with Crippen LogP contribution in [0.4, 0.5) is 0 Å². The number of hydrogen-bond donors (Lipinski definition) is 1. The predicted molar refractivity (Wildman–Crippen MR) is 70.2 cm³/mol. The Balaban J connectivity index is 2.07. The zero-order valence-electron chi connectivity index (χ0n) is 10.3. The molecule has 2 heteroatoms. The van der Waals surface area contributed by atoms with Gasteiger partial charge < -0.3 is 5.32 Å². The molecule has 90 valence electrons. The molecule has 1 atom stereocenters. The van der Waals surface area contributed by atoms with Crippen molar-refractivity contribution in [3.8, 4) is 0 Å². The second-order valence-electron chi connectivity index (χ2n) is 4.57. The number of carbonyl (C=O) groups excluding carboxylic acids is 1. The summed E-state index contributed by atoms with van der Waals surface area (Å²) in [6.07, 6.45) is 16.0. The van der Waals surface area contributed by atoms with Gasteiger partial charge in [0.1, 0.15) is 0 Å². The Morgan fingerprint density at radius 2 is 2.24 bits per heavy atom. The van der Waals surface area contributed by atoms with E-state index in [0.29, 0.717) is 12.3 Å². The largest absolute Gasteiger partial charge is 0.365 e. The molecule has 2 rings (SSSR count). The summed E-state index contributed by atoms with van der Waals surface area (Å²) in [4.78, 5) is 11.7. The Kier molecular flexibility index (Phi) is 3.97. The van der Waals surface area contributed by atoms with Crippen LogP contribution in [-0.4, -0.2) is 5.78 Å². The molecule has 0 aromatic rings. The number of carbonyl (C=O) groups is 1. The highest BCUT2D eigenvalue weighted by atomic mass is 16.1. The van der Waals surface area contributed by atoms with Crippen LogP contribution in [0.15, 0.2) is 47.9 Å². The molecule has 0 spiro atoms. The normalized spacial score (nSPS) is 24.8. The molecule has 1 N–H and O–H groups in total. The second kappa shape index (κ2) is 5.67. The fourth-order valence-electron chi connectivity index (χ4n) is 2.36. The van der Waals surface area contributed by atoms with Gasteiger partial charge in [-0.2, -0.15) is 0 Å². The van der Waals surface area contributed by atoms with Gasteiger partial charge in [0.15, 0.2) is 5.78 Å². The minimum absolute atomic E-state index is 0.230. The van der Waals surface area contributed by atoms with Gasteiger partial charge in [-0.25, -0.2) is 0 Å². The van der Waals surface area contributed by atoms with Crippen molar-refractivity contribution in [2.45, 2.75) is 32.6 Å². The Hall–Kier alpha value is -1.57. The summed E-state index contributed by atoms with van der Waals surface area (Å²) in [5.74, 6) is 0.588. The van der Waals surface area contributed by atoms with Gasteiger partial charge in [-0.1, -0.05) is 24.3 Å². The van der Waals surface area contributed by atoms with Crippen LogP contribution < -0.4 is 5.32 Å². The van der Waals surface area contributed by atoms with Crippen molar-refractivity contribution in [2.24, 2.45) is 5.92 Å². The third-order valence-electron chi connectivity index (χ3n) is 3.18.